The monoisotopic (exact) mass is 507 g/mol. The van der Waals surface area contributed by atoms with E-state index in [9.17, 15) is 18.0 Å². The number of carbonyl (C=O) groups is 2. The summed E-state index contributed by atoms with van der Waals surface area (Å²) < 4.78 is 26.7. The highest BCUT2D eigenvalue weighted by molar-refractivity contribution is 7.89. The van der Waals surface area contributed by atoms with E-state index in [4.69, 9.17) is 11.6 Å². The van der Waals surface area contributed by atoms with E-state index in [0.717, 1.165) is 18.4 Å². The molecule has 1 atom stereocenters. The molecule has 2 aromatic carbocycles. The van der Waals surface area contributed by atoms with Crippen molar-refractivity contribution in [1.29, 1.82) is 0 Å². The van der Waals surface area contributed by atoms with E-state index in [-0.39, 0.29) is 36.2 Å². The minimum absolute atomic E-state index is 0.120. The van der Waals surface area contributed by atoms with Crippen LogP contribution < -0.4 is 5.32 Å². The lowest BCUT2D eigenvalue weighted by molar-refractivity contribution is -0.140. The fourth-order valence-corrected chi connectivity index (χ4v) is 4.75. The molecule has 2 aromatic rings. The van der Waals surface area contributed by atoms with Crippen molar-refractivity contribution in [2.75, 3.05) is 20.1 Å². The standard InChI is InChI=1S/C25H34ClN3O4S/c1-4-5-17-27-25(31)20(2)29(19-21-13-15-22(26)16-14-21)24(30)12-9-18-28(3)34(32,33)23-10-7-6-8-11-23/h6-8,10-11,13-16,20H,4-5,9,12,17-19H2,1-3H3,(H,27,31)/t20-/m0/s1. The molecule has 0 saturated carbocycles. The molecule has 9 heteroatoms. The number of unbranched alkanes of at least 4 members (excludes halogenated alkanes) is 1. The second-order valence-electron chi connectivity index (χ2n) is 8.21. The van der Waals surface area contributed by atoms with E-state index in [1.165, 1.54) is 16.3 Å². The third kappa shape index (κ3) is 8.11. The SMILES string of the molecule is CCCCNC(=O)[C@H](C)N(Cc1ccc(Cl)cc1)C(=O)CCCN(C)S(=O)(=O)c1ccccc1. The number of nitrogens with zero attached hydrogens (tertiary/aromatic N) is 2. The van der Waals surface area contributed by atoms with Crippen molar-refractivity contribution < 1.29 is 18.0 Å². The summed E-state index contributed by atoms with van der Waals surface area (Å²) in [6.07, 6.45) is 2.28. The third-order valence-electron chi connectivity index (χ3n) is 5.58. The zero-order chi connectivity index (χ0) is 25.1. The molecule has 0 fully saturated rings. The Morgan fingerprint density at radius 2 is 1.68 bits per heavy atom. The minimum Gasteiger partial charge on any atom is -0.354 e. The number of hydrogen-bond acceptors (Lipinski definition) is 4. The number of halogens is 1. The van der Waals surface area contributed by atoms with Gasteiger partial charge >= 0.3 is 0 Å². The van der Waals surface area contributed by atoms with Crippen molar-refractivity contribution in [3.05, 3.63) is 65.2 Å². The van der Waals surface area contributed by atoms with Gasteiger partial charge in [0, 0.05) is 38.1 Å². The fraction of sp³-hybridized carbons (Fsp3) is 0.440. The predicted molar refractivity (Wildman–Crippen MR) is 135 cm³/mol. The summed E-state index contributed by atoms with van der Waals surface area (Å²) >= 11 is 5.98. The van der Waals surface area contributed by atoms with Gasteiger partial charge in [-0.1, -0.05) is 55.3 Å². The van der Waals surface area contributed by atoms with Gasteiger partial charge in [-0.25, -0.2) is 12.7 Å². The third-order valence-corrected chi connectivity index (χ3v) is 7.70. The van der Waals surface area contributed by atoms with Gasteiger partial charge in [-0.15, -0.1) is 0 Å². The van der Waals surface area contributed by atoms with Gasteiger partial charge in [-0.05, 0) is 49.6 Å². The molecule has 0 spiro atoms. The molecular weight excluding hydrogens is 474 g/mol. The van der Waals surface area contributed by atoms with Gasteiger partial charge in [-0.3, -0.25) is 9.59 Å². The second kappa shape index (κ2) is 13.5. The number of amides is 2. The summed E-state index contributed by atoms with van der Waals surface area (Å²) in [5.74, 6) is -0.418. The summed E-state index contributed by atoms with van der Waals surface area (Å²) in [4.78, 5) is 27.6. The Hall–Kier alpha value is -2.42. The van der Waals surface area contributed by atoms with Gasteiger partial charge in [-0.2, -0.15) is 0 Å². The zero-order valence-electron chi connectivity index (χ0n) is 20.0. The van der Waals surface area contributed by atoms with Crippen LogP contribution in [0, 0.1) is 0 Å². The molecule has 1 N–H and O–H groups in total. The molecule has 0 saturated heterocycles. The fourth-order valence-electron chi connectivity index (χ4n) is 3.39. The van der Waals surface area contributed by atoms with Crippen molar-refractivity contribution in [1.82, 2.24) is 14.5 Å². The Balaban J connectivity index is 2.05. The van der Waals surface area contributed by atoms with Crippen LogP contribution in [0.1, 0.15) is 45.1 Å². The van der Waals surface area contributed by atoms with E-state index in [1.807, 2.05) is 19.1 Å². The van der Waals surface area contributed by atoms with E-state index in [0.29, 0.717) is 18.0 Å². The molecule has 0 aliphatic heterocycles. The van der Waals surface area contributed by atoms with Crippen molar-refractivity contribution in [3.63, 3.8) is 0 Å². The topological polar surface area (TPSA) is 86.8 Å². The first-order chi connectivity index (χ1) is 16.2. The average Bonchev–Trinajstić information content (AvgIpc) is 2.83. The normalized spacial score (nSPS) is 12.4. The van der Waals surface area contributed by atoms with Crippen LogP contribution in [-0.2, 0) is 26.2 Å². The maximum absolute atomic E-state index is 13.1. The number of carbonyl (C=O) groups excluding carboxylic acids is 2. The first-order valence-electron chi connectivity index (χ1n) is 11.5. The van der Waals surface area contributed by atoms with Crippen LogP contribution in [0.3, 0.4) is 0 Å². The average molecular weight is 508 g/mol. The second-order valence-corrected chi connectivity index (χ2v) is 10.7. The maximum Gasteiger partial charge on any atom is 0.242 e. The van der Waals surface area contributed by atoms with Crippen LogP contribution in [0.4, 0.5) is 0 Å². The summed E-state index contributed by atoms with van der Waals surface area (Å²) in [5.41, 5.74) is 0.856. The summed E-state index contributed by atoms with van der Waals surface area (Å²) in [7, 11) is -2.12. The molecule has 7 nitrogen and oxygen atoms in total. The number of rotatable bonds is 13. The number of sulfonamides is 1. The lowest BCUT2D eigenvalue weighted by atomic mass is 10.1. The highest BCUT2D eigenvalue weighted by Gasteiger charge is 2.26. The molecule has 0 bridgehead atoms. The Bertz CT molecular complexity index is 1030. The quantitative estimate of drug-likeness (QED) is 0.414. The van der Waals surface area contributed by atoms with Crippen molar-refractivity contribution in [2.24, 2.45) is 0 Å². The van der Waals surface area contributed by atoms with Gasteiger partial charge in [0.1, 0.15) is 6.04 Å². The Kier molecular flexibility index (Phi) is 11.0. The lowest BCUT2D eigenvalue weighted by Gasteiger charge is -2.29. The highest BCUT2D eigenvalue weighted by atomic mass is 35.5. The van der Waals surface area contributed by atoms with Crippen LogP contribution >= 0.6 is 11.6 Å². The van der Waals surface area contributed by atoms with Crippen LogP contribution in [0.15, 0.2) is 59.5 Å². The van der Waals surface area contributed by atoms with Gasteiger partial charge in [0.05, 0.1) is 4.90 Å². The van der Waals surface area contributed by atoms with Gasteiger partial charge < -0.3 is 10.2 Å². The molecule has 0 unspecified atom stereocenters. The molecule has 0 aliphatic carbocycles. The summed E-state index contributed by atoms with van der Waals surface area (Å²) in [6.45, 7) is 4.76. The van der Waals surface area contributed by atoms with E-state index in [1.54, 1.807) is 49.4 Å². The van der Waals surface area contributed by atoms with Crippen LogP contribution in [0.25, 0.3) is 0 Å². The number of hydrogen-bond donors (Lipinski definition) is 1. The Morgan fingerprint density at radius 1 is 1.03 bits per heavy atom. The van der Waals surface area contributed by atoms with Crippen molar-refractivity contribution in [2.45, 2.75) is 57.0 Å². The molecule has 0 radical (unpaired) electrons. The molecule has 2 amide bonds. The molecule has 0 aliphatic rings. The smallest absolute Gasteiger partial charge is 0.242 e. The molecule has 0 aromatic heterocycles. The lowest BCUT2D eigenvalue weighted by Crippen LogP contribution is -2.47. The Morgan fingerprint density at radius 3 is 2.29 bits per heavy atom. The van der Waals surface area contributed by atoms with Crippen LogP contribution in [-0.4, -0.2) is 55.6 Å². The Labute approximate surface area is 208 Å². The minimum atomic E-state index is -3.62. The zero-order valence-corrected chi connectivity index (χ0v) is 21.6. The number of nitrogens with one attached hydrogen (secondary N) is 1. The van der Waals surface area contributed by atoms with Gasteiger partial charge in [0.25, 0.3) is 0 Å². The molecule has 2 rings (SSSR count). The van der Waals surface area contributed by atoms with E-state index < -0.39 is 16.1 Å². The number of benzene rings is 2. The van der Waals surface area contributed by atoms with Crippen molar-refractivity contribution in [3.8, 4) is 0 Å². The van der Waals surface area contributed by atoms with E-state index >= 15 is 0 Å². The first kappa shape index (κ1) is 27.8. The van der Waals surface area contributed by atoms with Gasteiger partial charge in [0.2, 0.25) is 21.8 Å². The first-order valence-corrected chi connectivity index (χ1v) is 13.3. The highest BCUT2D eigenvalue weighted by Crippen LogP contribution is 2.17. The molecule has 0 heterocycles. The summed E-state index contributed by atoms with van der Waals surface area (Å²) in [6, 6.07) is 14.7. The van der Waals surface area contributed by atoms with Crippen LogP contribution in [0.5, 0.6) is 0 Å². The summed E-state index contributed by atoms with van der Waals surface area (Å²) in [5, 5.41) is 3.48. The van der Waals surface area contributed by atoms with E-state index in [2.05, 4.69) is 5.32 Å². The van der Waals surface area contributed by atoms with Gasteiger partial charge in [0.15, 0.2) is 0 Å². The largest absolute Gasteiger partial charge is 0.354 e. The molecular formula is C25H34ClN3O4S. The van der Waals surface area contributed by atoms with Crippen molar-refractivity contribution >= 4 is 33.4 Å². The molecule has 34 heavy (non-hydrogen) atoms. The van der Waals surface area contributed by atoms with Crippen LogP contribution in [0.2, 0.25) is 5.02 Å². The maximum atomic E-state index is 13.1. The molecule has 186 valence electrons. The predicted octanol–water partition coefficient (Wildman–Crippen LogP) is 4.07.